The summed E-state index contributed by atoms with van der Waals surface area (Å²) in [5.74, 6) is 1.25. The summed E-state index contributed by atoms with van der Waals surface area (Å²) in [6.07, 6.45) is 4.96. The third kappa shape index (κ3) is 1.87. The quantitative estimate of drug-likeness (QED) is 0.611. The molecule has 0 aromatic heterocycles. The average Bonchev–Trinajstić information content (AvgIpc) is 2.52. The standard InChI is InChI=1S/C17H28O/c1-11(2)13-10-14-16(4,5)8-7-9-17(14,6)15(13)12(3)18/h14-15H,7-10H2,1-6H3. The van der Waals surface area contributed by atoms with Crippen molar-refractivity contribution in [3.05, 3.63) is 11.1 Å². The number of Topliss-reactive ketones (excluding diaryl/α,β-unsaturated/α-hetero) is 1. The average molecular weight is 248 g/mol. The Kier molecular flexibility index (Phi) is 3.24. The lowest BCUT2D eigenvalue weighted by Gasteiger charge is -2.48. The second-order valence-corrected chi connectivity index (χ2v) is 7.67. The predicted molar refractivity (Wildman–Crippen MR) is 76.4 cm³/mol. The molecule has 0 bridgehead atoms. The van der Waals surface area contributed by atoms with Gasteiger partial charge >= 0.3 is 0 Å². The van der Waals surface area contributed by atoms with E-state index in [1.807, 2.05) is 0 Å². The molecule has 0 aromatic carbocycles. The molecule has 0 saturated heterocycles. The van der Waals surface area contributed by atoms with Gasteiger partial charge in [-0.05, 0) is 56.8 Å². The highest BCUT2D eigenvalue weighted by Crippen LogP contribution is 2.63. The molecule has 3 atom stereocenters. The third-order valence-corrected chi connectivity index (χ3v) is 5.76. The van der Waals surface area contributed by atoms with E-state index in [0.717, 1.165) is 6.42 Å². The molecule has 0 N–H and O–H groups in total. The van der Waals surface area contributed by atoms with Crippen LogP contribution in [-0.2, 0) is 4.79 Å². The van der Waals surface area contributed by atoms with Crippen LogP contribution in [-0.4, -0.2) is 5.78 Å². The molecule has 2 rings (SSSR count). The summed E-state index contributed by atoms with van der Waals surface area (Å²) in [6.45, 7) is 13.3. The Morgan fingerprint density at radius 1 is 1.11 bits per heavy atom. The van der Waals surface area contributed by atoms with E-state index in [4.69, 9.17) is 0 Å². The molecule has 1 nitrogen and oxygen atoms in total. The monoisotopic (exact) mass is 248 g/mol. The van der Waals surface area contributed by atoms with Gasteiger partial charge in [0, 0.05) is 5.92 Å². The highest BCUT2D eigenvalue weighted by molar-refractivity contribution is 5.83. The Balaban J connectivity index is 2.52. The number of hydrogen-bond acceptors (Lipinski definition) is 1. The zero-order valence-corrected chi connectivity index (χ0v) is 12.9. The van der Waals surface area contributed by atoms with Gasteiger partial charge in [0.05, 0.1) is 0 Å². The summed E-state index contributed by atoms with van der Waals surface area (Å²) in [6, 6.07) is 0. The second-order valence-electron chi connectivity index (χ2n) is 7.67. The normalized spacial score (nSPS) is 38.4. The van der Waals surface area contributed by atoms with Crippen LogP contribution in [0.2, 0.25) is 0 Å². The predicted octanol–water partition coefficient (Wildman–Crippen LogP) is 4.76. The molecule has 18 heavy (non-hydrogen) atoms. The van der Waals surface area contributed by atoms with Crippen LogP contribution in [0.5, 0.6) is 0 Å². The molecule has 2 aliphatic carbocycles. The van der Waals surface area contributed by atoms with Crippen LogP contribution in [0, 0.1) is 22.7 Å². The summed E-state index contributed by atoms with van der Waals surface area (Å²) in [4.78, 5) is 12.2. The van der Waals surface area contributed by atoms with Gasteiger partial charge in [0.25, 0.3) is 0 Å². The van der Waals surface area contributed by atoms with Gasteiger partial charge in [0.2, 0.25) is 0 Å². The summed E-state index contributed by atoms with van der Waals surface area (Å²) < 4.78 is 0. The zero-order chi connectivity index (χ0) is 13.7. The van der Waals surface area contributed by atoms with Gasteiger partial charge in [0.15, 0.2) is 0 Å². The molecule has 0 amide bonds. The fourth-order valence-electron chi connectivity index (χ4n) is 4.96. The number of rotatable bonds is 1. The Labute approximate surface area is 112 Å². The number of allylic oxidation sites excluding steroid dienone is 2. The van der Waals surface area contributed by atoms with Crippen molar-refractivity contribution >= 4 is 5.78 Å². The lowest BCUT2D eigenvalue weighted by molar-refractivity contribution is -0.125. The molecule has 2 fully saturated rings. The van der Waals surface area contributed by atoms with Crippen molar-refractivity contribution in [2.75, 3.05) is 0 Å². The molecule has 1 heteroatoms. The first-order chi connectivity index (χ1) is 8.20. The smallest absolute Gasteiger partial charge is 0.137 e. The molecule has 2 aliphatic rings. The number of hydrogen-bond donors (Lipinski definition) is 0. The van der Waals surface area contributed by atoms with E-state index >= 15 is 0 Å². The fraction of sp³-hybridized carbons (Fsp3) is 0.824. The van der Waals surface area contributed by atoms with Crippen molar-refractivity contribution in [2.24, 2.45) is 22.7 Å². The van der Waals surface area contributed by atoms with Crippen LogP contribution >= 0.6 is 0 Å². The highest BCUT2D eigenvalue weighted by atomic mass is 16.1. The molecular formula is C17H28O. The van der Waals surface area contributed by atoms with Crippen molar-refractivity contribution in [2.45, 2.75) is 67.2 Å². The Morgan fingerprint density at radius 3 is 2.22 bits per heavy atom. The Bertz CT molecular complexity index is 398. The lowest BCUT2D eigenvalue weighted by Crippen LogP contribution is -2.43. The van der Waals surface area contributed by atoms with E-state index < -0.39 is 0 Å². The minimum Gasteiger partial charge on any atom is -0.299 e. The molecule has 0 heterocycles. The molecule has 0 aliphatic heterocycles. The maximum absolute atomic E-state index is 12.2. The van der Waals surface area contributed by atoms with Crippen LogP contribution in [0.3, 0.4) is 0 Å². The maximum Gasteiger partial charge on any atom is 0.137 e. The van der Waals surface area contributed by atoms with Crippen molar-refractivity contribution in [1.29, 1.82) is 0 Å². The van der Waals surface area contributed by atoms with Crippen molar-refractivity contribution in [3.8, 4) is 0 Å². The number of carbonyl (C=O) groups excluding carboxylic acids is 1. The van der Waals surface area contributed by atoms with Crippen LogP contribution < -0.4 is 0 Å². The largest absolute Gasteiger partial charge is 0.299 e. The van der Waals surface area contributed by atoms with Gasteiger partial charge < -0.3 is 0 Å². The molecule has 0 spiro atoms. The highest BCUT2D eigenvalue weighted by Gasteiger charge is 2.57. The fourth-order valence-corrected chi connectivity index (χ4v) is 4.96. The number of ketones is 1. The van der Waals surface area contributed by atoms with Crippen molar-refractivity contribution < 1.29 is 4.79 Å². The third-order valence-electron chi connectivity index (χ3n) is 5.76. The Morgan fingerprint density at radius 2 is 1.72 bits per heavy atom. The van der Waals surface area contributed by atoms with E-state index in [1.54, 1.807) is 6.92 Å². The first-order valence-corrected chi connectivity index (χ1v) is 7.37. The number of fused-ring (bicyclic) bond motifs is 1. The Hall–Kier alpha value is -0.590. The van der Waals surface area contributed by atoms with Gasteiger partial charge in [-0.3, -0.25) is 4.79 Å². The van der Waals surface area contributed by atoms with Crippen molar-refractivity contribution in [1.82, 2.24) is 0 Å². The van der Waals surface area contributed by atoms with Gasteiger partial charge in [-0.15, -0.1) is 0 Å². The number of carbonyl (C=O) groups is 1. The molecule has 3 unspecified atom stereocenters. The van der Waals surface area contributed by atoms with Crippen LogP contribution in [0.25, 0.3) is 0 Å². The molecular weight excluding hydrogens is 220 g/mol. The molecule has 0 radical (unpaired) electrons. The van der Waals surface area contributed by atoms with Crippen LogP contribution in [0.1, 0.15) is 67.2 Å². The van der Waals surface area contributed by atoms with Gasteiger partial charge in [-0.1, -0.05) is 38.3 Å². The molecule has 102 valence electrons. The molecule has 0 aromatic rings. The summed E-state index contributed by atoms with van der Waals surface area (Å²) in [7, 11) is 0. The second kappa shape index (κ2) is 4.21. The zero-order valence-electron chi connectivity index (χ0n) is 12.9. The summed E-state index contributed by atoms with van der Waals surface area (Å²) >= 11 is 0. The first-order valence-electron chi connectivity index (χ1n) is 7.37. The van der Waals surface area contributed by atoms with E-state index in [2.05, 4.69) is 34.6 Å². The lowest BCUT2D eigenvalue weighted by atomic mass is 9.55. The minimum atomic E-state index is 0.187. The van der Waals surface area contributed by atoms with Crippen molar-refractivity contribution in [3.63, 3.8) is 0 Å². The van der Waals surface area contributed by atoms with Crippen LogP contribution in [0.15, 0.2) is 11.1 Å². The van der Waals surface area contributed by atoms with E-state index in [1.165, 1.54) is 30.4 Å². The van der Waals surface area contributed by atoms with Gasteiger partial charge in [-0.25, -0.2) is 0 Å². The van der Waals surface area contributed by atoms with Gasteiger partial charge in [-0.2, -0.15) is 0 Å². The minimum absolute atomic E-state index is 0.187. The van der Waals surface area contributed by atoms with Crippen LogP contribution in [0.4, 0.5) is 0 Å². The maximum atomic E-state index is 12.2. The van der Waals surface area contributed by atoms with E-state index in [0.29, 0.717) is 17.1 Å². The van der Waals surface area contributed by atoms with Gasteiger partial charge in [0.1, 0.15) is 5.78 Å². The molecule has 2 saturated carbocycles. The summed E-state index contributed by atoms with van der Waals surface area (Å²) in [5.41, 5.74) is 3.42. The van der Waals surface area contributed by atoms with E-state index in [-0.39, 0.29) is 11.3 Å². The first kappa shape index (κ1) is 13.8. The van der Waals surface area contributed by atoms with E-state index in [9.17, 15) is 4.79 Å². The SMILES string of the molecule is CC(=O)C1C(=C(C)C)CC2C(C)(C)CCCC12C. The summed E-state index contributed by atoms with van der Waals surface area (Å²) in [5, 5.41) is 0. The topological polar surface area (TPSA) is 17.1 Å².